The maximum Gasteiger partial charge on any atom is 0.306 e. The highest BCUT2D eigenvalue weighted by Crippen LogP contribution is 2.13. The molecule has 0 aromatic carbocycles. The minimum Gasteiger partial charge on any atom is -0.466 e. The van der Waals surface area contributed by atoms with Crippen LogP contribution < -0.4 is 0 Å². The number of esters is 2. The average molecular weight is 330 g/mol. The second-order valence-electron chi connectivity index (χ2n) is 5.82. The summed E-state index contributed by atoms with van der Waals surface area (Å²) in [6.45, 7) is 5.21. The molecule has 0 aliphatic carbocycles. The van der Waals surface area contributed by atoms with Crippen LogP contribution in [-0.4, -0.2) is 38.4 Å². The molecule has 5 nitrogen and oxygen atoms in total. The zero-order valence-corrected chi connectivity index (χ0v) is 15.1. The van der Waals surface area contributed by atoms with Crippen molar-refractivity contribution in [1.29, 1.82) is 0 Å². The minimum atomic E-state index is -0.133. The molecule has 0 spiro atoms. The molecule has 0 saturated heterocycles. The molecule has 0 aromatic heterocycles. The molecule has 0 aliphatic heterocycles. The van der Waals surface area contributed by atoms with Crippen molar-refractivity contribution >= 4 is 11.9 Å². The van der Waals surface area contributed by atoms with E-state index in [1.165, 1.54) is 0 Å². The third kappa shape index (κ3) is 14.2. The van der Waals surface area contributed by atoms with Gasteiger partial charge in [-0.25, -0.2) is 0 Å². The molecule has 1 atom stereocenters. The third-order valence-corrected chi connectivity index (χ3v) is 3.59. The second kappa shape index (κ2) is 15.8. The first-order chi connectivity index (χ1) is 11.1. The lowest BCUT2D eigenvalue weighted by atomic mass is 10.1. The van der Waals surface area contributed by atoms with Crippen LogP contribution in [0.3, 0.4) is 0 Å². The molecule has 23 heavy (non-hydrogen) atoms. The van der Waals surface area contributed by atoms with Crippen molar-refractivity contribution in [3.8, 4) is 0 Å². The molecule has 5 heteroatoms. The Hall–Kier alpha value is -1.10. The zero-order valence-electron chi connectivity index (χ0n) is 15.1. The fraction of sp³-hybridized carbons (Fsp3) is 0.889. The van der Waals surface area contributed by atoms with Crippen LogP contribution in [0.25, 0.3) is 0 Å². The van der Waals surface area contributed by atoms with Gasteiger partial charge in [0.1, 0.15) is 6.10 Å². The Morgan fingerprint density at radius 2 is 1.52 bits per heavy atom. The van der Waals surface area contributed by atoms with E-state index >= 15 is 0 Å². The van der Waals surface area contributed by atoms with Crippen molar-refractivity contribution in [2.45, 2.75) is 84.2 Å². The van der Waals surface area contributed by atoms with E-state index in [0.29, 0.717) is 32.5 Å². The van der Waals surface area contributed by atoms with E-state index in [0.717, 1.165) is 44.9 Å². The molecule has 0 aromatic rings. The van der Waals surface area contributed by atoms with Crippen molar-refractivity contribution < 1.29 is 23.8 Å². The summed E-state index contributed by atoms with van der Waals surface area (Å²) >= 11 is 0. The van der Waals surface area contributed by atoms with Gasteiger partial charge >= 0.3 is 11.9 Å². The number of carbonyl (C=O) groups excluding carboxylic acids is 2. The summed E-state index contributed by atoms with van der Waals surface area (Å²) in [4.78, 5) is 23.2. The van der Waals surface area contributed by atoms with Gasteiger partial charge in [0, 0.05) is 33.0 Å². The molecular formula is C18H34O5. The number of hydrogen-bond acceptors (Lipinski definition) is 5. The highest BCUT2D eigenvalue weighted by atomic mass is 16.5. The van der Waals surface area contributed by atoms with E-state index in [1.54, 1.807) is 7.11 Å². The van der Waals surface area contributed by atoms with Crippen molar-refractivity contribution in [3.63, 3.8) is 0 Å². The summed E-state index contributed by atoms with van der Waals surface area (Å²) < 4.78 is 15.7. The van der Waals surface area contributed by atoms with Gasteiger partial charge in [-0.05, 0) is 32.1 Å². The first-order valence-electron chi connectivity index (χ1n) is 8.98. The lowest BCUT2D eigenvalue weighted by Gasteiger charge is -2.17. The topological polar surface area (TPSA) is 61.8 Å². The van der Waals surface area contributed by atoms with E-state index in [4.69, 9.17) is 14.2 Å². The molecule has 0 radical (unpaired) electrons. The van der Waals surface area contributed by atoms with Gasteiger partial charge in [0.15, 0.2) is 0 Å². The largest absolute Gasteiger partial charge is 0.466 e. The summed E-state index contributed by atoms with van der Waals surface area (Å²) in [5.74, 6) is -0.265. The molecule has 0 saturated carbocycles. The van der Waals surface area contributed by atoms with Gasteiger partial charge in [0.25, 0.3) is 0 Å². The quantitative estimate of drug-likeness (QED) is 0.335. The Balaban J connectivity index is 3.90. The molecule has 0 fully saturated rings. The van der Waals surface area contributed by atoms with Crippen LogP contribution >= 0.6 is 0 Å². The number of methoxy groups -OCH3 is 1. The molecule has 0 N–H and O–H groups in total. The summed E-state index contributed by atoms with van der Waals surface area (Å²) in [6.07, 6.45) is 7.66. The second-order valence-corrected chi connectivity index (χ2v) is 5.82. The highest BCUT2D eigenvalue weighted by molar-refractivity contribution is 5.69. The number of rotatable bonds is 15. The van der Waals surface area contributed by atoms with Crippen LogP contribution in [-0.2, 0) is 23.8 Å². The summed E-state index contributed by atoms with van der Waals surface area (Å²) in [6, 6.07) is 0. The van der Waals surface area contributed by atoms with E-state index in [9.17, 15) is 9.59 Å². The zero-order chi connectivity index (χ0) is 17.3. The van der Waals surface area contributed by atoms with Gasteiger partial charge in [0.2, 0.25) is 0 Å². The van der Waals surface area contributed by atoms with E-state index in [1.807, 2.05) is 0 Å². The Kier molecular flexibility index (Phi) is 15.0. The molecule has 0 rings (SSSR count). The number of carbonyl (C=O) groups is 2. The minimum absolute atomic E-state index is 0.115. The Labute approximate surface area is 141 Å². The molecule has 0 bridgehead atoms. The lowest BCUT2D eigenvalue weighted by Crippen LogP contribution is -2.20. The van der Waals surface area contributed by atoms with Gasteiger partial charge in [0.05, 0.1) is 6.61 Å². The first-order valence-corrected chi connectivity index (χ1v) is 8.98. The Morgan fingerprint density at radius 3 is 2.17 bits per heavy atom. The van der Waals surface area contributed by atoms with E-state index in [-0.39, 0.29) is 18.0 Å². The Bertz CT molecular complexity index is 304. The Morgan fingerprint density at radius 1 is 0.826 bits per heavy atom. The summed E-state index contributed by atoms with van der Waals surface area (Å²) in [7, 11) is 1.64. The number of unbranched alkanes of at least 4 members (excludes halogenated alkanes) is 3. The predicted molar refractivity (Wildman–Crippen MR) is 90.2 cm³/mol. The first kappa shape index (κ1) is 21.9. The third-order valence-electron chi connectivity index (χ3n) is 3.59. The molecule has 0 aliphatic rings. The van der Waals surface area contributed by atoms with Crippen LogP contribution in [0, 0.1) is 0 Å². The molecule has 0 heterocycles. The van der Waals surface area contributed by atoms with Crippen molar-refractivity contribution in [3.05, 3.63) is 0 Å². The van der Waals surface area contributed by atoms with E-state index in [2.05, 4.69) is 13.8 Å². The molecule has 0 amide bonds. The molecular weight excluding hydrogens is 296 g/mol. The van der Waals surface area contributed by atoms with Crippen LogP contribution in [0.2, 0.25) is 0 Å². The lowest BCUT2D eigenvalue weighted by molar-refractivity contribution is -0.150. The number of hydrogen-bond donors (Lipinski definition) is 0. The maximum atomic E-state index is 11.7. The van der Waals surface area contributed by atoms with E-state index < -0.39 is 0 Å². The van der Waals surface area contributed by atoms with Crippen molar-refractivity contribution in [2.24, 2.45) is 0 Å². The monoisotopic (exact) mass is 330 g/mol. The fourth-order valence-electron chi connectivity index (χ4n) is 2.12. The smallest absolute Gasteiger partial charge is 0.306 e. The van der Waals surface area contributed by atoms with Gasteiger partial charge in [-0.3, -0.25) is 9.59 Å². The standard InChI is InChI=1S/C18H34O5/c1-4-6-11-18(20)23-16(13-15-21-3)10-8-9-12-17(19)22-14-7-5-2/h16H,4-15H2,1-3H3/t16-/m1/s1. The van der Waals surface area contributed by atoms with Crippen molar-refractivity contribution in [1.82, 2.24) is 0 Å². The van der Waals surface area contributed by atoms with Gasteiger partial charge in [-0.1, -0.05) is 26.7 Å². The average Bonchev–Trinajstić information content (AvgIpc) is 2.54. The van der Waals surface area contributed by atoms with Gasteiger partial charge in [-0.2, -0.15) is 0 Å². The molecule has 136 valence electrons. The van der Waals surface area contributed by atoms with Crippen LogP contribution in [0.15, 0.2) is 0 Å². The number of ether oxygens (including phenoxy) is 3. The van der Waals surface area contributed by atoms with Crippen molar-refractivity contribution in [2.75, 3.05) is 20.3 Å². The van der Waals surface area contributed by atoms with Crippen LogP contribution in [0.4, 0.5) is 0 Å². The normalized spacial score (nSPS) is 12.0. The SMILES string of the molecule is CCCCOC(=O)CCCC[C@H](CCOC)OC(=O)CCCC. The fourth-order valence-corrected chi connectivity index (χ4v) is 2.12. The maximum absolute atomic E-state index is 11.7. The summed E-state index contributed by atoms with van der Waals surface area (Å²) in [5.41, 5.74) is 0. The summed E-state index contributed by atoms with van der Waals surface area (Å²) in [5, 5.41) is 0. The van der Waals surface area contributed by atoms with Crippen LogP contribution in [0.1, 0.15) is 78.1 Å². The predicted octanol–water partition coefficient (Wildman–Crippen LogP) is 4.03. The van der Waals surface area contributed by atoms with Gasteiger partial charge < -0.3 is 14.2 Å². The molecule has 0 unspecified atom stereocenters. The van der Waals surface area contributed by atoms with Crippen LogP contribution in [0.5, 0.6) is 0 Å². The highest BCUT2D eigenvalue weighted by Gasteiger charge is 2.14. The van der Waals surface area contributed by atoms with Gasteiger partial charge in [-0.15, -0.1) is 0 Å².